The van der Waals surface area contributed by atoms with Crippen LogP contribution >= 0.6 is 24.0 Å². The summed E-state index contributed by atoms with van der Waals surface area (Å²) in [5, 5.41) is 6.26. The Morgan fingerprint density at radius 2 is 1.81 bits per heavy atom. The van der Waals surface area contributed by atoms with Crippen LogP contribution in [0.2, 0.25) is 0 Å². The maximum atomic E-state index is 12.1. The van der Waals surface area contributed by atoms with Gasteiger partial charge in [-0.25, -0.2) is 0 Å². The summed E-state index contributed by atoms with van der Waals surface area (Å²) < 4.78 is 10.9. The van der Waals surface area contributed by atoms with E-state index in [1.54, 1.807) is 21.3 Å². The van der Waals surface area contributed by atoms with E-state index in [-0.39, 0.29) is 29.9 Å². The second-order valence-corrected chi connectivity index (χ2v) is 7.11. The van der Waals surface area contributed by atoms with Gasteiger partial charge in [0.2, 0.25) is 0 Å². The molecule has 0 unspecified atom stereocenters. The highest BCUT2D eigenvalue weighted by Crippen LogP contribution is 2.33. The maximum absolute atomic E-state index is 12.1. The first-order chi connectivity index (χ1) is 14.6. The van der Waals surface area contributed by atoms with Crippen molar-refractivity contribution in [3.05, 3.63) is 58.7 Å². The highest BCUT2D eigenvalue weighted by molar-refractivity contribution is 14.0. The van der Waals surface area contributed by atoms with Crippen molar-refractivity contribution >= 4 is 35.8 Å². The Morgan fingerprint density at radius 3 is 2.45 bits per heavy atom. The van der Waals surface area contributed by atoms with E-state index in [1.807, 2.05) is 37.3 Å². The van der Waals surface area contributed by atoms with Crippen molar-refractivity contribution in [2.45, 2.75) is 26.4 Å². The average Bonchev–Trinajstić information content (AvgIpc) is 2.78. The Morgan fingerprint density at radius 1 is 1.10 bits per heavy atom. The number of carbonyl (C=O) groups excluding carboxylic acids is 1. The number of hydrogen-bond donors (Lipinski definition) is 2. The van der Waals surface area contributed by atoms with E-state index in [1.165, 1.54) is 11.1 Å². The first kappa shape index (κ1) is 24.8. The molecule has 0 bridgehead atoms. The molecule has 1 amide bonds. The van der Waals surface area contributed by atoms with Crippen LogP contribution in [-0.2, 0) is 19.5 Å². The summed E-state index contributed by atoms with van der Waals surface area (Å²) >= 11 is 0. The number of fused-ring (bicyclic) bond motifs is 1. The van der Waals surface area contributed by atoms with Crippen molar-refractivity contribution in [2.75, 3.05) is 34.4 Å². The molecule has 3 rings (SSSR count). The third-order valence-corrected chi connectivity index (χ3v) is 5.21. The lowest BCUT2D eigenvalue weighted by atomic mass is 9.99. The van der Waals surface area contributed by atoms with Crippen LogP contribution in [0.3, 0.4) is 0 Å². The molecule has 168 valence electrons. The Balaban J connectivity index is 0.00000341. The Kier molecular flexibility index (Phi) is 9.42. The maximum Gasteiger partial charge on any atom is 0.251 e. The predicted octanol–water partition coefficient (Wildman–Crippen LogP) is 3.21. The van der Waals surface area contributed by atoms with E-state index in [0.717, 1.165) is 42.5 Å². The number of halogens is 1. The summed E-state index contributed by atoms with van der Waals surface area (Å²) in [7, 11) is 5.10. The fraction of sp³-hybridized carbons (Fsp3) is 0.391. The number of aliphatic imine (C=N–C) groups is 1. The van der Waals surface area contributed by atoms with Gasteiger partial charge in [-0.15, -0.1) is 24.0 Å². The van der Waals surface area contributed by atoms with Crippen molar-refractivity contribution in [3.63, 3.8) is 0 Å². The lowest BCUT2D eigenvalue weighted by Crippen LogP contribution is -2.43. The number of methoxy groups -OCH3 is 2. The molecule has 0 aliphatic carbocycles. The molecule has 7 nitrogen and oxygen atoms in total. The van der Waals surface area contributed by atoms with Gasteiger partial charge in [-0.2, -0.15) is 0 Å². The third-order valence-electron chi connectivity index (χ3n) is 5.21. The van der Waals surface area contributed by atoms with Crippen LogP contribution in [0.5, 0.6) is 11.5 Å². The second-order valence-electron chi connectivity index (χ2n) is 7.11. The summed E-state index contributed by atoms with van der Waals surface area (Å²) in [6.45, 7) is 4.72. The highest BCUT2D eigenvalue weighted by Gasteiger charge is 2.21. The van der Waals surface area contributed by atoms with E-state index in [4.69, 9.17) is 9.47 Å². The van der Waals surface area contributed by atoms with Crippen LogP contribution in [0.1, 0.15) is 34.0 Å². The molecule has 8 heteroatoms. The van der Waals surface area contributed by atoms with Crippen LogP contribution in [0.25, 0.3) is 0 Å². The summed E-state index contributed by atoms with van der Waals surface area (Å²) in [4.78, 5) is 18.8. The fourth-order valence-electron chi connectivity index (χ4n) is 3.66. The van der Waals surface area contributed by atoms with Gasteiger partial charge in [0, 0.05) is 38.8 Å². The van der Waals surface area contributed by atoms with Crippen LogP contribution in [-0.4, -0.2) is 51.1 Å². The molecule has 0 aromatic heterocycles. The number of carbonyl (C=O) groups is 1. The molecule has 0 saturated heterocycles. The smallest absolute Gasteiger partial charge is 0.251 e. The average molecular weight is 538 g/mol. The topological polar surface area (TPSA) is 75.2 Å². The number of nitrogens with one attached hydrogen (secondary N) is 2. The van der Waals surface area contributed by atoms with Crippen molar-refractivity contribution in [2.24, 2.45) is 4.99 Å². The number of guanidine groups is 1. The van der Waals surface area contributed by atoms with Crippen LogP contribution in [0.4, 0.5) is 0 Å². The van der Waals surface area contributed by atoms with Gasteiger partial charge in [-0.1, -0.05) is 12.1 Å². The minimum atomic E-state index is -0.0549. The van der Waals surface area contributed by atoms with Gasteiger partial charge in [0.25, 0.3) is 5.91 Å². The van der Waals surface area contributed by atoms with Gasteiger partial charge in [0.05, 0.1) is 14.2 Å². The fourth-order valence-corrected chi connectivity index (χ4v) is 3.66. The second kappa shape index (κ2) is 11.8. The quantitative estimate of drug-likeness (QED) is 0.336. The molecular weight excluding hydrogens is 507 g/mol. The first-order valence-corrected chi connectivity index (χ1v) is 10.2. The van der Waals surface area contributed by atoms with Gasteiger partial charge in [-0.3, -0.25) is 9.79 Å². The summed E-state index contributed by atoms with van der Waals surface area (Å²) in [5.74, 6) is 2.28. The predicted molar refractivity (Wildman–Crippen MR) is 134 cm³/mol. The number of rotatable bonds is 6. The molecule has 0 saturated carbocycles. The SMILES string of the molecule is CCNC(=O)c1cccc(CNC(=NC)N2CCc3cc(OC)c(OC)cc3C2)c1.I. The van der Waals surface area contributed by atoms with Gasteiger partial charge < -0.3 is 25.0 Å². The lowest BCUT2D eigenvalue weighted by molar-refractivity contribution is 0.0955. The molecule has 0 atom stereocenters. The molecule has 2 N–H and O–H groups in total. The van der Waals surface area contributed by atoms with E-state index in [0.29, 0.717) is 18.7 Å². The number of nitrogens with zero attached hydrogens (tertiary/aromatic N) is 2. The minimum absolute atomic E-state index is 0. The molecule has 0 fully saturated rings. The number of benzene rings is 2. The van der Waals surface area contributed by atoms with E-state index < -0.39 is 0 Å². The van der Waals surface area contributed by atoms with Gasteiger partial charge >= 0.3 is 0 Å². The minimum Gasteiger partial charge on any atom is -0.493 e. The van der Waals surface area contributed by atoms with Gasteiger partial charge in [0.15, 0.2) is 17.5 Å². The molecule has 0 radical (unpaired) electrons. The first-order valence-electron chi connectivity index (χ1n) is 10.2. The standard InChI is InChI=1S/C23H30N4O3.HI/c1-5-25-22(28)18-8-6-7-16(11-18)14-26-23(24-2)27-10-9-17-12-20(29-3)21(30-4)13-19(17)15-27;/h6-8,11-13H,5,9-10,14-15H2,1-4H3,(H,24,26)(H,25,28);1H. The number of hydrogen-bond acceptors (Lipinski definition) is 4. The molecule has 0 spiro atoms. The molecule has 31 heavy (non-hydrogen) atoms. The Bertz CT molecular complexity index is 933. The zero-order valence-electron chi connectivity index (χ0n) is 18.5. The van der Waals surface area contributed by atoms with Crippen LogP contribution in [0, 0.1) is 0 Å². The highest BCUT2D eigenvalue weighted by atomic mass is 127. The van der Waals surface area contributed by atoms with Crippen molar-refractivity contribution in [1.82, 2.24) is 15.5 Å². The molecule has 2 aromatic carbocycles. The van der Waals surface area contributed by atoms with Crippen LogP contribution < -0.4 is 20.1 Å². The monoisotopic (exact) mass is 538 g/mol. The van der Waals surface area contributed by atoms with Crippen molar-refractivity contribution < 1.29 is 14.3 Å². The Labute approximate surface area is 201 Å². The third kappa shape index (κ3) is 6.03. The molecule has 1 heterocycles. The normalized spacial score (nSPS) is 13.0. The zero-order valence-corrected chi connectivity index (χ0v) is 20.9. The zero-order chi connectivity index (χ0) is 21.5. The van der Waals surface area contributed by atoms with E-state index in [2.05, 4.69) is 26.6 Å². The number of amides is 1. The lowest BCUT2D eigenvalue weighted by Gasteiger charge is -2.32. The summed E-state index contributed by atoms with van der Waals surface area (Å²) in [6.07, 6.45) is 0.906. The van der Waals surface area contributed by atoms with E-state index >= 15 is 0 Å². The van der Waals surface area contributed by atoms with Gasteiger partial charge in [-0.05, 0) is 54.3 Å². The molecule has 1 aliphatic rings. The molecule has 2 aromatic rings. The molecular formula is C23H31IN4O3. The van der Waals surface area contributed by atoms with Crippen molar-refractivity contribution in [3.8, 4) is 11.5 Å². The molecule has 1 aliphatic heterocycles. The summed E-state index contributed by atoms with van der Waals surface area (Å²) in [6, 6.07) is 11.8. The Hall–Kier alpha value is -2.49. The summed E-state index contributed by atoms with van der Waals surface area (Å²) in [5.41, 5.74) is 4.18. The largest absolute Gasteiger partial charge is 0.493 e. The van der Waals surface area contributed by atoms with Crippen molar-refractivity contribution in [1.29, 1.82) is 0 Å². The van der Waals surface area contributed by atoms with Crippen LogP contribution in [0.15, 0.2) is 41.4 Å². The van der Waals surface area contributed by atoms with Gasteiger partial charge in [0.1, 0.15) is 0 Å². The van der Waals surface area contributed by atoms with E-state index in [9.17, 15) is 4.79 Å². The number of ether oxygens (including phenoxy) is 2.